The Hall–Kier alpha value is -1.79. The number of hydrogen-bond donors (Lipinski definition) is 2. The third kappa shape index (κ3) is 3.02. The Labute approximate surface area is 118 Å². The Morgan fingerprint density at radius 2 is 2.00 bits per heavy atom. The number of methoxy groups -OCH3 is 2. The minimum atomic E-state index is -0.326. The maximum Gasteiger partial charge on any atom is 0.324 e. The Morgan fingerprint density at radius 1 is 1.25 bits per heavy atom. The van der Waals surface area contributed by atoms with Crippen molar-refractivity contribution in [2.45, 2.75) is 25.4 Å². The van der Waals surface area contributed by atoms with Crippen molar-refractivity contribution in [1.82, 2.24) is 10.9 Å². The van der Waals surface area contributed by atoms with Crippen LogP contribution in [0.4, 0.5) is 0 Å². The summed E-state index contributed by atoms with van der Waals surface area (Å²) in [5.74, 6) is 1.12. The molecule has 1 aliphatic heterocycles. The molecule has 0 radical (unpaired) electrons. The van der Waals surface area contributed by atoms with Crippen LogP contribution in [0.1, 0.15) is 24.9 Å². The lowest BCUT2D eigenvalue weighted by Gasteiger charge is -2.13. The summed E-state index contributed by atoms with van der Waals surface area (Å²) >= 11 is 0. The first-order chi connectivity index (χ1) is 9.69. The third-order valence-corrected chi connectivity index (χ3v) is 3.28. The number of hydrazine groups is 1. The fourth-order valence-electron chi connectivity index (χ4n) is 2.24. The SMILES string of the molecule is CCOC(=O)C1CC(c2ccc(OC)c(OC)c2)NN1. The first-order valence-electron chi connectivity index (χ1n) is 6.59. The summed E-state index contributed by atoms with van der Waals surface area (Å²) in [4.78, 5) is 11.7. The van der Waals surface area contributed by atoms with Gasteiger partial charge in [-0.15, -0.1) is 0 Å². The number of benzene rings is 1. The van der Waals surface area contributed by atoms with E-state index in [1.165, 1.54) is 0 Å². The van der Waals surface area contributed by atoms with E-state index in [0.717, 1.165) is 5.56 Å². The summed E-state index contributed by atoms with van der Waals surface area (Å²) in [5, 5.41) is 0. The second kappa shape index (κ2) is 6.58. The Balaban J connectivity index is 2.08. The smallest absolute Gasteiger partial charge is 0.324 e. The van der Waals surface area contributed by atoms with Crippen LogP contribution in [0, 0.1) is 0 Å². The van der Waals surface area contributed by atoms with Gasteiger partial charge in [0.1, 0.15) is 6.04 Å². The van der Waals surface area contributed by atoms with Gasteiger partial charge >= 0.3 is 5.97 Å². The molecule has 1 aromatic rings. The summed E-state index contributed by atoms with van der Waals surface area (Å²) in [6, 6.07) is 5.42. The molecule has 2 unspecified atom stereocenters. The van der Waals surface area contributed by atoms with E-state index in [9.17, 15) is 4.79 Å². The zero-order valence-corrected chi connectivity index (χ0v) is 11.9. The molecule has 2 atom stereocenters. The number of carbonyl (C=O) groups excluding carboxylic acids is 1. The summed E-state index contributed by atoms with van der Waals surface area (Å²) in [6.07, 6.45) is 0.633. The van der Waals surface area contributed by atoms with Crippen molar-refractivity contribution < 1.29 is 19.0 Å². The number of rotatable bonds is 5. The van der Waals surface area contributed by atoms with Crippen LogP contribution in [0.3, 0.4) is 0 Å². The minimum absolute atomic E-state index is 0.0317. The predicted molar refractivity (Wildman–Crippen MR) is 73.6 cm³/mol. The number of ether oxygens (including phenoxy) is 3. The molecule has 0 aromatic heterocycles. The van der Waals surface area contributed by atoms with Gasteiger partial charge in [0, 0.05) is 6.04 Å². The molecular weight excluding hydrogens is 260 g/mol. The van der Waals surface area contributed by atoms with E-state index in [4.69, 9.17) is 14.2 Å². The molecule has 20 heavy (non-hydrogen) atoms. The van der Waals surface area contributed by atoms with Gasteiger partial charge in [-0.3, -0.25) is 4.79 Å². The normalized spacial score (nSPS) is 21.6. The fourth-order valence-corrected chi connectivity index (χ4v) is 2.24. The summed E-state index contributed by atoms with van der Waals surface area (Å²) < 4.78 is 15.5. The maximum atomic E-state index is 11.7. The van der Waals surface area contributed by atoms with Gasteiger partial charge in [0.05, 0.1) is 20.8 Å². The molecule has 6 heteroatoms. The van der Waals surface area contributed by atoms with Crippen molar-refractivity contribution in [2.75, 3.05) is 20.8 Å². The van der Waals surface area contributed by atoms with E-state index in [1.807, 2.05) is 18.2 Å². The van der Waals surface area contributed by atoms with Crippen molar-refractivity contribution in [1.29, 1.82) is 0 Å². The Kier molecular flexibility index (Phi) is 4.81. The molecule has 0 amide bonds. The summed E-state index contributed by atoms with van der Waals surface area (Å²) in [5.41, 5.74) is 7.09. The van der Waals surface area contributed by atoms with Gasteiger partial charge in [-0.1, -0.05) is 6.07 Å². The summed E-state index contributed by atoms with van der Waals surface area (Å²) in [6.45, 7) is 2.18. The van der Waals surface area contributed by atoms with Crippen LogP contribution in [0.2, 0.25) is 0 Å². The first kappa shape index (κ1) is 14.6. The molecule has 2 rings (SSSR count). The highest BCUT2D eigenvalue weighted by molar-refractivity contribution is 5.76. The average molecular weight is 280 g/mol. The lowest BCUT2D eigenvalue weighted by atomic mass is 10.0. The fraction of sp³-hybridized carbons (Fsp3) is 0.500. The predicted octanol–water partition coefficient (Wildman–Crippen LogP) is 1.17. The van der Waals surface area contributed by atoms with Gasteiger partial charge in [0.2, 0.25) is 0 Å². The van der Waals surface area contributed by atoms with Crippen LogP contribution in [0.25, 0.3) is 0 Å². The molecule has 1 saturated heterocycles. The van der Waals surface area contributed by atoms with Crippen LogP contribution in [-0.2, 0) is 9.53 Å². The van der Waals surface area contributed by atoms with Crippen LogP contribution in [0.5, 0.6) is 11.5 Å². The molecule has 0 spiro atoms. The van der Waals surface area contributed by atoms with Crippen molar-refractivity contribution in [3.8, 4) is 11.5 Å². The van der Waals surface area contributed by atoms with Crippen molar-refractivity contribution in [2.24, 2.45) is 0 Å². The standard InChI is InChI=1S/C14H20N2O4/c1-4-20-14(17)11-8-10(15-16-11)9-5-6-12(18-2)13(7-9)19-3/h5-7,10-11,15-16H,4,8H2,1-3H3. The number of esters is 1. The van der Waals surface area contributed by atoms with Gasteiger partial charge in [-0.25, -0.2) is 10.9 Å². The molecule has 110 valence electrons. The number of carbonyl (C=O) groups is 1. The van der Waals surface area contributed by atoms with Gasteiger partial charge < -0.3 is 14.2 Å². The largest absolute Gasteiger partial charge is 0.493 e. The monoisotopic (exact) mass is 280 g/mol. The van der Waals surface area contributed by atoms with E-state index in [2.05, 4.69) is 10.9 Å². The third-order valence-electron chi connectivity index (χ3n) is 3.28. The molecule has 0 bridgehead atoms. The second-order valence-electron chi connectivity index (χ2n) is 4.50. The topological polar surface area (TPSA) is 68.8 Å². The summed E-state index contributed by atoms with van der Waals surface area (Å²) in [7, 11) is 3.20. The van der Waals surface area contributed by atoms with E-state index in [0.29, 0.717) is 24.5 Å². The van der Waals surface area contributed by atoms with Crippen LogP contribution < -0.4 is 20.3 Å². The van der Waals surface area contributed by atoms with E-state index in [1.54, 1.807) is 21.1 Å². The van der Waals surface area contributed by atoms with Crippen LogP contribution in [-0.4, -0.2) is 32.8 Å². The molecule has 2 N–H and O–H groups in total. The van der Waals surface area contributed by atoms with Gasteiger partial charge in [-0.05, 0) is 31.0 Å². The zero-order chi connectivity index (χ0) is 14.5. The average Bonchev–Trinajstić information content (AvgIpc) is 2.96. The number of hydrogen-bond acceptors (Lipinski definition) is 6. The number of nitrogens with one attached hydrogen (secondary N) is 2. The second-order valence-corrected chi connectivity index (χ2v) is 4.50. The molecule has 6 nitrogen and oxygen atoms in total. The molecular formula is C14H20N2O4. The Bertz CT molecular complexity index is 478. The van der Waals surface area contributed by atoms with Crippen LogP contribution >= 0.6 is 0 Å². The lowest BCUT2D eigenvalue weighted by molar-refractivity contribution is -0.145. The van der Waals surface area contributed by atoms with Crippen molar-refractivity contribution in [3.05, 3.63) is 23.8 Å². The van der Waals surface area contributed by atoms with Gasteiger partial charge in [0.25, 0.3) is 0 Å². The molecule has 1 heterocycles. The molecule has 0 saturated carbocycles. The highest BCUT2D eigenvalue weighted by atomic mass is 16.5. The van der Waals surface area contributed by atoms with Gasteiger partial charge in [0.15, 0.2) is 11.5 Å². The maximum absolute atomic E-state index is 11.7. The van der Waals surface area contributed by atoms with Crippen LogP contribution in [0.15, 0.2) is 18.2 Å². The highest BCUT2D eigenvalue weighted by Gasteiger charge is 2.31. The molecule has 1 fully saturated rings. The quantitative estimate of drug-likeness (QED) is 0.789. The molecule has 0 aliphatic carbocycles. The van der Waals surface area contributed by atoms with E-state index in [-0.39, 0.29) is 18.1 Å². The highest BCUT2D eigenvalue weighted by Crippen LogP contribution is 2.32. The molecule has 1 aromatic carbocycles. The minimum Gasteiger partial charge on any atom is -0.493 e. The zero-order valence-electron chi connectivity index (χ0n) is 11.9. The Morgan fingerprint density at radius 3 is 2.65 bits per heavy atom. The van der Waals surface area contributed by atoms with E-state index >= 15 is 0 Å². The molecule has 1 aliphatic rings. The van der Waals surface area contributed by atoms with Crippen molar-refractivity contribution in [3.63, 3.8) is 0 Å². The van der Waals surface area contributed by atoms with E-state index < -0.39 is 0 Å². The lowest BCUT2D eigenvalue weighted by Crippen LogP contribution is -2.37. The van der Waals surface area contributed by atoms with Gasteiger partial charge in [-0.2, -0.15) is 0 Å². The first-order valence-corrected chi connectivity index (χ1v) is 6.59. The van der Waals surface area contributed by atoms with Crippen molar-refractivity contribution >= 4 is 5.97 Å².